The number of allylic oxidation sites excluding steroid dienone is 1. The molecule has 1 fully saturated rings. The van der Waals surface area contributed by atoms with Gasteiger partial charge in [0, 0.05) is 5.56 Å². The van der Waals surface area contributed by atoms with E-state index in [0.29, 0.717) is 18.4 Å². The Morgan fingerprint density at radius 2 is 1.47 bits per heavy atom. The Kier molecular flexibility index (Phi) is 7.40. The Hall–Kier alpha value is -2.50. The van der Waals surface area contributed by atoms with Crippen LogP contribution in [0.2, 0.25) is 0 Å². The highest BCUT2D eigenvalue weighted by Gasteiger charge is 2.27. The fraction of sp³-hybridized carbons (Fsp3) is 0.417. The Balaban J connectivity index is 1.58. The van der Waals surface area contributed by atoms with Crippen LogP contribution in [-0.2, 0) is 0 Å². The molecule has 0 N–H and O–H groups in total. The van der Waals surface area contributed by atoms with Gasteiger partial charge in [-0.3, -0.25) is 0 Å². The highest BCUT2D eigenvalue weighted by Crippen LogP contribution is 2.39. The molecule has 3 rings (SSSR count). The summed E-state index contributed by atoms with van der Waals surface area (Å²) in [6.45, 7) is 3.96. The zero-order chi connectivity index (χ0) is 21.7. The molecule has 0 aliphatic heterocycles. The van der Waals surface area contributed by atoms with Gasteiger partial charge in [-0.25, -0.2) is 8.78 Å². The zero-order valence-electron chi connectivity index (χ0n) is 17.2. The number of ether oxygens (including phenoxy) is 2. The lowest BCUT2D eigenvalue weighted by Gasteiger charge is -2.29. The normalized spacial score (nSPS) is 19.3. The first-order chi connectivity index (χ1) is 14.5. The fourth-order valence-electron chi connectivity index (χ4n) is 3.94. The molecule has 1 aliphatic rings. The summed E-state index contributed by atoms with van der Waals surface area (Å²) in [4.78, 5) is 0. The van der Waals surface area contributed by atoms with E-state index in [1.54, 1.807) is 26.0 Å². The summed E-state index contributed by atoms with van der Waals surface area (Å²) in [6, 6.07) is 5.97. The van der Waals surface area contributed by atoms with Gasteiger partial charge in [0.2, 0.25) is 11.6 Å². The van der Waals surface area contributed by atoms with Crippen molar-refractivity contribution >= 4 is 6.08 Å². The predicted octanol–water partition coefficient (Wildman–Crippen LogP) is 7.03. The smallest absolute Gasteiger partial charge is 0.201 e. The second-order valence-electron chi connectivity index (χ2n) is 7.52. The number of hydrogen-bond donors (Lipinski definition) is 0. The molecule has 1 aliphatic carbocycles. The van der Waals surface area contributed by atoms with Crippen molar-refractivity contribution in [3.05, 3.63) is 64.7 Å². The third-order valence-corrected chi connectivity index (χ3v) is 5.56. The largest absolute Gasteiger partial charge is 0.491 e. The minimum absolute atomic E-state index is 0.0736. The molecule has 162 valence electrons. The van der Waals surface area contributed by atoms with Gasteiger partial charge in [-0.15, -0.1) is 0 Å². The van der Waals surface area contributed by atoms with Gasteiger partial charge in [-0.1, -0.05) is 18.2 Å². The molecule has 0 spiro atoms. The molecule has 2 aromatic carbocycles. The molecule has 1 saturated carbocycles. The van der Waals surface area contributed by atoms with Gasteiger partial charge in [0.15, 0.2) is 23.1 Å². The van der Waals surface area contributed by atoms with E-state index in [9.17, 15) is 17.6 Å². The van der Waals surface area contributed by atoms with E-state index in [2.05, 4.69) is 0 Å². The van der Waals surface area contributed by atoms with Crippen molar-refractivity contribution < 1.29 is 27.0 Å². The summed E-state index contributed by atoms with van der Waals surface area (Å²) in [5, 5.41) is 0. The maximum absolute atomic E-state index is 14.4. The Morgan fingerprint density at radius 3 is 2.13 bits per heavy atom. The first kappa shape index (κ1) is 22.2. The molecule has 0 bridgehead atoms. The van der Waals surface area contributed by atoms with Crippen LogP contribution in [0, 0.1) is 29.2 Å². The minimum Gasteiger partial charge on any atom is -0.491 e. The lowest BCUT2D eigenvalue weighted by molar-refractivity contribution is 0.191. The van der Waals surface area contributed by atoms with Crippen LogP contribution in [0.3, 0.4) is 0 Å². The van der Waals surface area contributed by atoms with E-state index in [1.165, 1.54) is 24.3 Å². The maximum atomic E-state index is 14.4. The Bertz CT molecular complexity index is 903. The lowest BCUT2D eigenvalue weighted by atomic mass is 9.79. The van der Waals surface area contributed by atoms with Crippen molar-refractivity contribution in [2.45, 2.75) is 45.4 Å². The van der Waals surface area contributed by atoms with Crippen molar-refractivity contribution in [1.82, 2.24) is 0 Å². The number of halogens is 4. The van der Waals surface area contributed by atoms with Crippen LogP contribution < -0.4 is 9.47 Å². The van der Waals surface area contributed by atoms with Crippen LogP contribution in [0.4, 0.5) is 17.6 Å². The number of rotatable bonds is 7. The van der Waals surface area contributed by atoms with Gasteiger partial charge in [-0.2, -0.15) is 8.78 Å². The van der Waals surface area contributed by atoms with Crippen LogP contribution in [0.25, 0.3) is 6.08 Å². The van der Waals surface area contributed by atoms with E-state index in [1.807, 2.05) is 0 Å². The summed E-state index contributed by atoms with van der Waals surface area (Å²) in [7, 11) is 0. The summed E-state index contributed by atoms with van der Waals surface area (Å²) < 4.78 is 67.4. The molecule has 0 unspecified atom stereocenters. The molecule has 0 heterocycles. The monoisotopic (exact) mass is 422 g/mol. The third kappa shape index (κ3) is 4.79. The maximum Gasteiger partial charge on any atom is 0.201 e. The molecule has 6 heteroatoms. The number of hydrogen-bond acceptors (Lipinski definition) is 2. The van der Waals surface area contributed by atoms with E-state index >= 15 is 0 Å². The first-order valence-corrected chi connectivity index (χ1v) is 10.3. The molecule has 0 atom stereocenters. The quantitative estimate of drug-likeness (QED) is 0.446. The van der Waals surface area contributed by atoms with Crippen LogP contribution in [-0.4, -0.2) is 13.2 Å². The van der Waals surface area contributed by atoms with Gasteiger partial charge < -0.3 is 9.47 Å². The van der Waals surface area contributed by atoms with Gasteiger partial charge in [0.1, 0.15) is 0 Å². The topological polar surface area (TPSA) is 18.5 Å². The van der Waals surface area contributed by atoms with E-state index in [0.717, 1.165) is 12.8 Å². The average Bonchev–Trinajstić information content (AvgIpc) is 2.75. The third-order valence-electron chi connectivity index (χ3n) is 5.56. The minimum atomic E-state index is -0.994. The molecule has 0 aromatic heterocycles. The van der Waals surface area contributed by atoms with Gasteiger partial charge in [0.05, 0.1) is 13.2 Å². The molecule has 0 amide bonds. The van der Waals surface area contributed by atoms with Crippen molar-refractivity contribution in [2.75, 3.05) is 13.2 Å². The molecule has 2 aromatic rings. The fourth-order valence-corrected chi connectivity index (χ4v) is 3.94. The molecule has 0 radical (unpaired) electrons. The van der Waals surface area contributed by atoms with Crippen LogP contribution in [0.5, 0.6) is 11.5 Å². The Labute approximate surface area is 174 Å². The van der Waals surface area contributed by atoms with E-state index in [-0.39, 0.29) is 42.1 Å². The molecular weight excluding hydrogens is 396 g/mol. The second kappa shape index (κ2) is 10.0. The van der Waals surface area contributed by atoms with Crippen LogP contribution in [0.15, 0.2) is 30.3 Å². The van der Waals surface area contributed by atoms with Crippen LogP contribution >= 0.6 is 0 Å². The molecule has 30 heavy (non-hydrogen) atoms. The lowest BCUT2D eigenvalue weighted by Crippen LogP contribution is -2.20. The predicted molar refractivity (Wildman–Crippen MR) is 109 cm³/mol. The van der Waals surface area contributed by atoms with Crippen molar-refractivity contribution in [3.8, 4) is 11.5 Å². The van der Waals surface area contributed by atoms with Gasteiger partial charge >= 0.3 is 0 Å². The number of benzene rings is 2. The zero-order valence-corrected chi connectivity index (χ0v) is 17.2. The van der Waals surface area contributed by atoms with Crippen molar-refractivity contribution in [2.24, 2.45) is 5.92 Å². The standard InChI is InChI=1S/C24H26F4O2/c1-3-5-17-10-12-20(23(27)21(17)25)30-14-15-6-8-16(9-7-15)18-11-13-19(29-4-2)24(28)22(18)26/h3,5,10-13,15-16H,4,6-9,14H2,1-2H3/b5-3+. The van der Waals surface area contributed by atoms with Gasteiger partial charge in [0.25, 0.3) is 0 Å². The molecule has 2 nitrogen and oxygen atoms in total. The van der Waals surface area contributed by atoms with Crippen molar-refractivity contribution in [1.29, 1.82) is 0 Å². The summed E-state index contributed by atoms with van der Waals surface area (Å²) in [6.07, 6.45) is 5.95. The first-order valence-electron chi connectivity index (χ1n) is 10.3. The summed E-state index contributed by atoms with van der Waals surface area (Å²) in [5.41, 5.74) is 0.537. The molecular formula is C24H26F4O2. The summed E-state index contributed by atoms with van der Waals surface area (Å²) in [5.74, 6) is -3.83. The highest BCUT2D eigenvalue weighted by molar-refractivity contribution is 5.51. The highest BCUT2D eigenvalue weighted by atomic mass is 19.2. The average molecular weight is 422 g/mol. The van der Waals surface area contributed by atoms with Crippen molar-refractivity contribution in [3.63, 3.8) is 0 Å². The Morgan fingerprint density at radius 1 is 0.833 bits per heavy atom. The van der Waals surface area contributed by atoms with Gasteiger partial charge in [-0.05, 0) is 75.1 Å². The van der Waals surface area contributed by atoms with Crippen LogP contribution in [0.1, 0.15) is 56.6 Å². The SMILES string of the molecule is C/C=C/c1ccc(OCC2CCC(c3ccc(OCC)c(F)c3F)CC2)c(F)c1F. The second-order valence-corrected chi connectivity index (χ2v) is 7.52. The van der Waals surface area contributed by atoms with E-state index < -0.39 is 23.3 Å². The summed E-state index contributed by atoms with van der Waals surface area (Å²) >= 11 is 0. The molecule has 0 saturated heterocycles. The van der Waals surface area contributed by atoms with E-state index in [4.69, 9.17) is 9.47 Å².